The minimum atomic E-state index is -3.31. The minimum absolute atomic E-state index is 0.0506. The van der Waals surface area contributed by atoms with Crippen LogP contribution in [0.25, 0.3) is 11.0 Å². The first-order valence-corrected chi connectivity index (χ1v) is 12.3. The summed E-state index contributed by atoms with van der Waals surface area (Å²) in [6.45, 7) is 1.56. The van der Waals surface area contributed by atoms with Crippen molar-refractivity contribution < 1.29 is 13.2 Å². The standard InChI is InChI=1S/C22H24N4O4S/c1-31(29,30)25-13-8-15-14-16(6-7-19(15)25)21(27)24-11-9-17(10-12-24)26-20-5-3-2-4-18(20)23-22(26)28/h2-7,14,17H,8-13H2,1H3,(H,23,28). The number of aromatic nitrogens is 2. The molecule has 9 heteroatoms. The van der Waals surface area contributed by atoms with Gasteiger partial charge in [-0.3, -0.25) is 13.7 Å². The summed E-state index contributed by atoms with van der Waals surface area (Å²) in [6.07, 6.45) is 3.22. The van der Waals surface area contributed by atoms with E-state index in [1.807, 2.05) is 39.8 Å². The Kier molecular flexibility index (Phi) is 4.65. The number of amides is 1. The van der Waals surface area contributed by atoms with Gasteiger partial charge in [0.2, 0.25) is 10.0 Å². The fraction of sp³-hybridized carbons (Fsp3) is 0.364. The van der Waals surface area contributed by atoms with Gasteiger partial charge in [0.25, 0.3) is 5.91 Å². The Balaban J connectivity index is 1.32. The predicted octanol–water partition coefficient (Wildman–Crippen LogP) is 2.13. The zero-order valence-corrected chi connectivity index (χ0v) is 18.1. The van der Waals surface area contributed by atoms with Gasteiger partial charge in [-0.05, 0) is 55.2 Å². The zero-order chi connectivity index (χ0) is 21.8. The van der Waals surface area contributed by atoms with E-state index in [-0.39, 0.29) is 17.6 Å². The Morgan fingerprint density at radius 1 is 1.06 bits per heavy atom. The third-order valence-corrected chi connectivity index (χ3v) is 7.50. The van der Waals surface area contributed by atoms with Crippen molar-refractivity contribution >= 4 is 32.7 Å². The summed E-state index contributed by atoms with van der Waals surface area (Å²) in [5, 5.41) is 0. The molecule has 8 nitrogen and oxygen atoms in total. The summed E-state index contributed by atoms with van der Waals surface area (Å²) in [6, 6.07) is 13.0. The first-order valence-electron chi connectivity index (χ1n) is 10.4. The van der Waals surface area contributed by atoms with Crippen molar-refractivity contribution in [1.82, 2.24) is 14.5 Å². The van der Waals surface area contributed by atoms with Gasteiger partial charge in [-0.1, -0.05) is 12.1 Å². The summed E-state index contributed by atoms with van der Waals surface area (Å²) in [7, 11) is -3.31. The van der Waals surface area contributed by atoms with Crippen molar-refractivity contribution in [3.05, 3.63) is 64.1 Å². The number of likely N-dealkylation sites (tertiary alicyclic amines) is 1. The monoisotopic (exact) mass is 440 g/mol. The lowest BCUT2D eigenvalue weighted by Gasteiger charge is -2.32. The summed E-state index contributed by atoms with van der Waals surface area (Å²) in [5.41, 5.74) is 3.74. The molecule has 3 heterocycles. The van der Waals surface area contributed by atoms with Crippen molar-refractivity contribution in [2.75, 3.05) is 30.2 Å². The normalized spacial score (nSPS) is 17.3. The molecule has 0 atom stereocenters. The van der Waals surface area contributed by atoms with Crippen LogP contribution >= 0.6 is 0 Å². The molecule has 0 unspecified atom stereocenters. The fourth-order valence-corrected chi connectivity index (χ4v) is 5.75. The number of imidazole rings is 1. The molecule has 5 rings (SSSR count). The molecule has 0 saturated carbocycles. The summed E-state index contributed by atoms with van der Waals surface area (Å²) < 4.78 is 27.0. The number of anilines is 1. The Morgan fingerprint density at radius 3 is 2.55 bits per heavy atom. The lowest BCUT2D eigenvalue weighted by molar-refractivity contribution is 0.0695. The molecule has 1 saturated heterocycles. The topological polar surface area (TPSA) is 95.5 Å². The Hall–Kier alpha value is -3.07. The van der Waals surface area contributed by atoms with Crippen LogP contribution in [0.15, 0.2) is 47.3 Å². The number of carbonyl (C=O) groups is 1. The molecule has 1 N–H and O–H groups in total. The largest absolute Gasteiger partial charge is 0.338 e. The Labute approximate surface area is 180 Å². The van der Waals surface area contributed by atoms with E-state index < -0.39 is 10.0 Å². The number of sulfonamides is 1. The average Bonchev–Trinajstić information content (AvgIpc) is 3.33. The van der Waals surface area contributed by atoms with E-state index in [9.17, 15) is 18.0 Å². The highest BCUT2D eigenvalue weighted by atomic mass is 32.2. The molecular weight excluding hydrogens is 416 g/mol. The van der Waals surface area contributed by atoms with Gasteiger partial charge in [0.15, 0.2) is 0 Å². The van der Waals surface area contributed by atoms with Crippen LogP contribution in [0.2, 0.25) is 0 Å². The van der Waals surface area contributed by atoms with Gasteiger partial charge in [0.05, 0.1) is 23.0 Å². The fourth-order valence-electron chi connectivity index (χ4n) is 4.80. The third-order valence-electron chi connectivity index (χ3n) is 6.32. The maximum absolute atomic E-state index is 13.1. The molecular formula is C22H24N4O4S. The van der Waals surface area contributed by atoms with Gasteiger partial charge in [-0.15, -0.1) is 0 Å². The van der Waals surface area contributed by atoms with Crippen LogP contribution in [0.3, 0.4) is 0 Å². The van der Waals surface area contributed by atoms with E-state index in [0.717, 1.165) is 16.6 Å². The third kappa shape index (κ3) is 3.42. The maximum Gasteiger partial charge on any atom is 0.326 e. The van der Waals surface area contributed by atoms with Crippen LogP contribution < -0.4 is 9.99 Å². The highest BCUT2D eigenvalue weighted by molar-refractivity contribution is 7.92. The molecule has 3 aromatic rings. The van der Waals surface area contributed by atoms with Crippen LogP contribution in [-0.2, 0) is 16.4 Å². The van der Waals surface area contributed by atoms with Crippen molar-refractivity contribution in [1.29, 1.82) is 0 Å². The van der Waals surface area contributed by atoms with E-state index >= 15 is 0 Å². The molecule has 0 aliphatic carbocycles. The van der Waals surface area contributed by atoms with E-state index in [2.05, 4.69) is 4.98 Å². The Morgan fingerprint density at radius 2 is 1.81 bits per heavy atom. The molecule has 31 heavy (non-hydrogen) atoms. The van der Waals surface area contributed by atoms with Crippen LogP contribution in [-0.4, -0.2) is 54.7 Å². The summed E-state index contributed by atoms with van der Waals surface area (Å²) in [5.74, 6) is -0.0506. The zero-order valence-electron chi connectivity index (χ0n) is 17.2. The molecule has 2 aliphatic heterocycles. The number of nitrogens with one attached hydrogen (secondary N) is 1. The molecule has 2 aromatic carbocycles. The number of para-hydroxylation sites is 2. The number of benzene rings is 2. The van der Waals surface area contributed by atoms with Gasteiger partial charge in [0.1, 0.15) is 0 Å². The van der Waals surface area contributed by atoms with Crippen molar-refractivity contribution in [2.45, 2.75) is 25.3 Å². The van der Waals surface area contributed by atoms with E-state index in [1.165, 1.54) is 10.6 Å². The van der Waals surface area contributed by atoms with Gasteiger partial charge < -0.3 is 9.88 Å². The predicted molar refractivity (Wildman–Crippen MR) is 119 cm³/mol. The molecule has 0 bridgehead atoms. The average molecular weight is 441 g/mol. The molecule has 0 spiro atoms. The van der Waals surface area contributed by atoms with Crippen LogP contribution in [0.5, 0.6) is 0 Å². The maximum atomic E-state index is 13.1. The number of piperidine rings is 1. The van der Waals surface area contributed by atoms with Gasteiger partial charge in [0, 0.05) is 31.2 Å². The Bertz CT molecular complexity index is 1330. The molecule has 162 valence electrons. The number of hydrogen-bond acceptors (Lipinski definition) is 4. The number of hydrogen-bond donors (Lipinski definition) is 1. The number of H-pyrrole nitrogens is 1. The number of carbonyl (C=O) groups excluding carboxylic acids is 1. The SMILES string of the molecule is CS(=O)(=O)N1CCc2cc(C(=O)N3CCC(n4c(=O)[nH]c5ccccc54)CC3)ccc21. The second kappa shape index (κ2) is 7.26. The smallest absolute Gasteiger partial charge is 0.326 e. The second-order valence-electron chi connectivity index (χ2n) is 8.27. The quantitative estimate of drug-likeness (QED) is 0.675. The van der Waals surface area contributed by atoms with Crippen molar-refractivity contribution in [3.8, 4) is 0 Å². The van der Waals surface area contributed by atoms with Gasteiger partial charge in [-0.2, -0.15) is 0 Å². The second-order valence-corrected chi connectivity index (χ2v) is 10.2. The lowest BCUT2D eigenvalue weighted by Crippen LogP contribution is -2.40. The molecule has 1 amide bonds. The number of nitrogens with zero attached hydrogens (tertiary/aromatic N) is 3. The summed E-state index contributed by atoms with van der Waals surface area (Å²) in [4.78, 5) is 30.3. The minimum Gasteiger partial charge on any atom is -0.338 e. The van der Waals surface area contributed by atoms with Crippen LogP contribution in [0.4, 0.5) is 5.69 Å². The number of fused-ring (bicyclic) bond motifs is 2. The van der Waals surface area contributed by atoms with Crippen molar-refractivity contribution in [2.24, 2.45) is 0 Å². The van der Waals surface area contributed by atoms with Gasteiger partial charge >= 0.3 is 5.69 Å². The van der Waals surface area contributed by atoms with E-state index in [0.29, 0.717) is 50.1 Å². The number of aromatic amines is 1. The molecule has 1 aromatic heterocycles. The molecule has 2 aliphatic rings. The van der Waals surface area contributed by atoms with Crippen molar-refractivity contribution in [3.63, 3.8) is 0 Å². The first-order chi connectivity index (χ1) is 14.8. The first kappa shape index (κ1) is 19.9. The van der Waals surface area contributed by atoms with Crippen LogP contribution in [0, 0.1) is 0 Å². The molecule has 1 fully saturated rings. The summed E-state index contributed by atoms with van der Waals surface area (Å²) >= 11 is 0. The molecule has 0 radical (unpaired) electrons. The lowest BCUT2D eigenvalue weighted by atomic mass is 10.0. The van der Waals surface area contributed by atoms with Crippen LogP contribution in [0.1, 0.15) is 34.8 Å². The van der Waals surface area contributed by atoms with E-state index in [4.69, 9.17) is 0 Å². The highest BCUT2D eigenvalue weighted by Gasteiger charge is 2.29. The highest BCUT2D eigenvalue weighted by Crippen LogP contribution is 2.32. The number of rotatable bonds is 3. The van der Waals surface area contributed by atoms with E-state index in [1.54, 1.807) is 12.1 Å². The van der Waals surface area contributed by atoms with Gasteiger partial charge in [-0.25, -0.2) is 13.2 Å².